The molecule has 2 aromatic carbocycles. The van der Waals surface area contributed by atoms with Gasteiger partial charge in [-0.1, -0.05) is 30.0 Å². The van der Waals surface area contributed by atoms with E-state index in [2.05, 4.69) is 15.6 Å². The molecule has 3 N–H and O–H groups in total. The third kappa shape index (κ3) is 4.04. The van der Waals surface area contributed by atoms with Gasteiger partial charge in [0.15, 0.2) is 22.5 Å². The van der Waals surface area contributed by atoms with Crippen LogP contribution in [0.5, 0.6) is 11.5 Å². The molecule has 140 valence electrons. The standard InChI is InChI=1S/C18H19N5O3S/c1-25-14-9-8-12(10-15(14)26-2)17-21-22-18(27-11-16(24)20-19)23(17)13-6-4-3-5-7-13/h3-10H,11,19H2,1-2H3,(H,20,24). The second-order valence-electron chi connectivity index (χ2n) is 5.40. The summed E-state index contributed by atoms with van der Waals surface area (Å²) in [6.45, 7) is 0. The monoisotopic (exact) mass is 385 g/mol. The van der Waals surface area contributed by atoms with Crippen LogP contribution in [0.25, 0.3) is 17.1 Å². The van der Waals surface area contributed by atoms with Crippen LogP contribution in [-0.2, 0) is 4.79 Å². The summed E-state index contributed by atoms with van der Waals surface area (Å²) in [6.07, 6.45) is 0. The maximum atomic E-state index is 11.5. The summed E-state index contributed by atoms with van der Waals surface area (Å²) in [5.74, 6) is 6.84. The van der Waals surface area contributed by atoms with Crippen LogP contribution in [-0.4, -0.2) is 40.6 Å². The first-order chi connectivity index (χ1) is 13.2. The van der Waals surface area contributed by atoms with Crippen molar-refractivity contribution in [2.45, 2.75) is 5.16 Å². The molecule has 0 atom stereocenters. The van der Waals surface area contributed by atoms with Gasteiger partial charge < -0.3 is 9.47 Å². The van der Waals surface area contributed by atoms with Crippen molar-refractivity contribution in [2.24, 2.45) is 5.84 Å². The van der Waals surface area contributed by atoms with Crippen molar-refractivity contribution >= 4 is 17.7 Å². The summed E-state index contributed by atoms with van der Waals surface area (Å²) in [5, 5.41) is 9.16. The number of hydrogen-bond donors (Lipinski definition) is 2. The highest BCUT2D eigenvalue weighted by Gasteiger charge is 2.18. The zero-order chi connectivity index (χ0) is 19.2. The number of rotatable bonds is 7. The van der Waals surface area contributed by atoms with Crippen molar-refractivity contribution in [3.8, 4) is 28.6 Å². The van der Waals surface area contributed by atoms with Gasteiger partial charge in [0.1, 0.15) is 0 Å². The van der Waals surface area contributed by atoms with Crippen molar-refractivity contribution in [1.82, 2.24) is 20.2 Å². The number of nitrogens with zero attached hydrogens (tertiary/aromatic N) is 3. The molecular formula is C18H19N5O3S. The number of thioether (sulfide) groups is 1. The fourth-order valence-corrected chi connectivity index (χ4v) is 3.27. The molecule has 0 fully saturated rings. The quantitative estimate of drug-likeness (QED) is 0.277. The summed E-state index contributed by atoms with van der Waals surface area (Å²) in [5.41, 5.74) is 3.80. The number of aromatic nitrogens is 3. The predicted octanol–water partition coefficient (Wildman–Crippen LogP) is 2.03. The van der Waals surface area contributed by atoms with E-state index >= 15 is 0 Å². The molecular weight excluding hydrogens is 366 g/mol. The maximum Gasteiger partial charge on any atom is 0.244 e. The van der Waals surface area contributed by atoms with E-state index in [0.717, 1.165) is 11.3 Å². The van der Waals surface area contributed by atoms with Crippen LogP contribution in [0, 0.1) is 0 Å². The Morgan fingerprint density at radius 2 is 1.85 bits per heavy atom. The van der Waals surface area contributed by atoms with E-state index in [-0.39, 0.29) is 11.7 Å². The molecule has 0 aliphatic heterocycles. The van der Waals surface area contributed by atoms with Crippen LogP contribution in [0.15, 0.2) is 53.7 Å². The number of nitrogens with two attached hydrogens (primary N) is 1. The lowest BCUT2D eigenvalue weighted by molar-refractivity contribution is -0.118. The molecule has 0 unspecified atom stereocenters. The largest absolute Gasteiger partial charge is 0.493 e. The minimum atomic E-state index is -0.296. The van der Waals surface area contributed by atoms with Crippen molar-refractivity contribution in [1.29, 1.82) is 0 Å². The Bertz CT molecular complexity index is 930. The third-order valence-electron chi connectivity index (χ3n) is 3.78. The fraction of sp³-hybridized carbons (Fsp3) is 0.167. The second-order valence-corrected chi connectivity index (χ2v) is 6.35. The second kappa shape index (κ2) is 8.56. The van der Waals surface area contributed by atoms with Gasteiger partial charge in [0.05, 0.1) is 20.0 Å². The molecule has 0 radical (unpaired) electrons. The molecule has 3 aromatic rings. The van der Waals surface area contributed by atoms with E-state index in [9.17, 15) is 4.79 Å². The van der Waals surface area contributed by atoms with Crippen molar-refractivity contribution in [3.63, 3.8) is 0 Å². The molecule has 1 aromatic heterocycles. The lowest BCUT2D eigenvalue weighted by Crippen LogP contribution is -2.31. The van der Waals surface area contributed by atoms with E-state index in [1.54, 1.807) is 14.2 Å². The summed E-state index contributed by atoms with van der Waals surface area (Å²) < 4.78 is 12.6. The van der Waals surface area contributed by atoms with Gasteiger partial charge in [0.25, 0.3) is 0 Å². The Kier molecular flexibility index (Phi) is 5.94. The number of hydrazine groups is 1. The Morgan fingerprint density at radius 3 is 2.52 bits per heavy atom. The van der Waals surface area contributed by atoms with Gasteiger partial charge in [-0.05, 0) is 30.3 Å². The van der Waals surface area contributed by atoms with Crippen LogP contribution >= 0.6 is 11.8 Å². The SMILES string of the molecule is COc1ccc(-c2nnc(SCC(=O)NN)n2-c2ccccc2)cc1OC. The summed E-state index contributed by atoms with van der Waals surface area (Å²) in [4.78, 5) is 11.5. The maximum absolute atomic E-state index is 11.5. The van der Waals surface area contributed by atoms with Gasteiger partial charge in [0, 0.05) is 11.3 Å². The van der Waals surface area contributed by atoms with E-state index in [1.807, 2.05) is 53.1 Å². The first-order valence-corrected chi connectivity index (χ1v) is 9.02. The summed E-state index contributed by atoms with van der Waals surface area (Å²) in [6, 6.07) is 15.2. The fourth-order valence-electron chi connectivity index (χ4n) is 2.51. The van der Waals surface area contributed by atoms with E-state index in [1.165, 1.54) is 11.8 Å². The van der Waals surface area contributed by atoms with E-state index in [4.69, 9.17) is 15.3 Å². The summed E-state index contributed by atoms with van der Waals surface area (Å²) in [7, 11) is 3.16. The van der Waals surface area contributed by atoms with Gasteiger partial charge in [-0.15, -0.1) is 10.2 Å². The third-order valence-corrected chi connectivity index (χ3v) is 4.71. The summed E-state index contributed by atoms with van der Waals surface area (Å²) >= 11 is 1.25. The van der Waals surface area contributed by atoms with Gasteiger partial charge in [-0.3, -0.25) is 14.8 Å². The topological polar surface area (TPSA) is 104 Å². The lowest BCUT2D eigenvalue weighted by atomic mass is 10.2. The lowest BCUT2D eigenvalue weighted by Gasteiger charge is -2.12. The molecule has 8 nitrogen and oxygen atoms in total. The highest BCUT2D eigenvalue weighted by atomic mass is 32.2. The molecule has 9 heteroatoms. The number of carbonyl (C=O) groups excluding carboxylic acids is 1. The van der Waals surface area contributed by atoms with Crippen molar-refractivity contribution < 1.29 is 14.3 Å². The minimum Gasteiger partial charge on any atom is -0.493 e. The Labute approximate surface area is 160 Å². The number of benzene rings is 2. The van der Waals surface area contributed by atoms with Gasteiger partial charge in [-0.2, -0.15) is 0 Å². The molecule has 0 saturated heterocycles. The molecule has 0 saturated carbocycles. The van der Waals surface area contributed by atoms with E-state index in [0.29, 0.717) is 22.5 Å². The number of amides is 1. The molecule has 0 aliphatic carbocycles. The Hall–Kier alpha value is -3.04. The highest BCUT2D eigenvalue weighted by molar-refractivity contribution is 7.99. The zero-order valence-electron chi connectivity index (χ0n) is 14.9. The van der Waals surface area contributed by atoms with Gasteiger partial charge in [-0.25, -0.2) is 5.84 Å². The van der Waals surface area contributed by atoms with Gasteiger partial charge >= 0.3 is 0 Å². The molecule has 1 amide bonds. The average molecular weight is 385 g/mol. The molecule has 27 heavy (non-hydrogen) atoms. The minimum absolute atomic E-state index is 0.132. The number of ether oxygens (including phenoxy) is 2. The van der Waals surface area contributed by atoms with Crippen LogP contribution in [0.3, 0.4) is 0 Å². The number of hydrogen-bond acceptors (Lipinski definition) is 7. The number of methoxy groups -OCH3 is 2. The highest BCUT2D eigenvalue weighted by Crippen LogP contribution is 2.34. The molecule has 0 spiro atoms. The van der Waals surface area contributed by atoms with Crippen LogP contribution in [0.4, 0.5) is 0 Å². The Morgan fingerprint density at radius 1 is 1.11 bits per heavy atom. The molecule has 0 aliphatic rings. The molecule has 0 bridgehead atoms. The Balaban J connectivity index is 2.08. The van der Waals surface area contributed by atoms with Crippen molar-refractivity contribution in [3.05, 3.63) is 48.5 Å². The zero-order valence-corrected chi connectivity index (χ0v) is 15.7. The van der Waals surface area contributed by atoms with Crippen LogP contribution in [0.2, 0.25) is 0 Å². The predicted molar refractivity (Wildman–Crippen MR) is 103 cm³/mol. The normalized spacial score (nSPS) is 10.5. The molecule has 1 heterocycles. The van der Waals surface area contributed by atoms with Crippen LogP contribution in [0.1, 0.15) is 0 Å². The number of nitrogens with one attached hydrogen (secondary N) is 1. The molecule has 3 rings (SSSR count). The van der Waals surface area contributed by atoms with Gasteiger partial charge in [0.2, 0.25) is 5.91 Å². The smallest absolute Gasteiger partial charge is 0.244 e. The number of carbonyl (C=O) groups is 1. The first-order valence-electron chi connectivity index (χ1n) is 8.03. The number of para-hydroxylation sites is 1. The van der Waals surface area contributed by atoms with Crippen molar-refractivity contribution in [2.75, 3.05) is 20.0 Å². The van der Waals surface area contributed by atoms with Crippen LogP contribution < -0.4 is 20.7 Å². The first kappa shape index (κ1) is 18.7. The van der Waals surface area contributed by atoms with E-state index < -0.39 is 0 Å². The average Bonchev–Trinajstić information content (AvgIpc) is 3.15.